The van der Waals surface area contributed by atoms with Crippen LogP contribution in [0.3, 0.4) is 0 Å². The van der Waals surface area contributed by atoms with Gasteiger partial charge in [0.15, 0.2) is 0 Å². The van der Waals surface area contributed by atoms with Gasteiger partial charge < -0.3 is 9.15 Å². The van der Waals surface area contributed by atoms with Crippen LogP contribution in [0.4, 0.5) is 0 Å². The average molecular weight is 271 g/mol. The Bertz CT molecular complexity index is 509. The molecule has 1 saturated heterocycles. The molecule has 1 aromatic carbocycles. The molecule has 1 aromatic heterocycles. The maximum Gasteiger partial charge on any atom is 0.0947 e. The zero-order valence-corrected chi connectivity index (χ0v) is 11.9. The first kappa shape index (κ1) is 13.4. The maximum atomic E-state index is 5.68. The fraction of sp³-hybridized carbons (Fsp3) is 0.412. The summed E-state index contributed by atoms with van der Waals surface area (Å²) in [5.41, 5.74) is 2.61. The molecule has 2 aromatic rings. The van der Waals surface area contributed by atoms with Gasteiger partial charge in [-0.1, -0.05) is 30.3 Å². The topological polar surface area (TPSA) is 25.6 Å². The second-order valence-electron chi connectivity index (χ2n) is 5.42. The van der Waals surface area contributed by atoms with Crippen LogP contribution in [-0.2, 0) is 17.7 Å². The Hall–Kier alpha value is -1.58. The average Bonchev–Trinajstić information content (AvgIpc) is 3.11. The monoisotopic (exact) mass is 271 g/mol. The molecule has 0 amide bonds. The van der Waals surface area contributed by atoms with Crippen molar-refractivity contribution >= 4 is 0 Å². The number of rotatable bonds is 5. The molecule has 1 aliphatic rings. The highest BCUT2D eigenvalue weighted by Crippen LogP contribution is 2.25. The first-order valence-electron chi connectivity index (χ1n) is 7.18. The van der Waals surface area contributed by atoms with Crippen molar-refractivity contribution in [2.75, 3.05) is 13.7 Å². The number of nitrogens with zero attached hydrogens (tertiary/aromatic N) is 1. The van der Waals surface area contributed by atoms with Gasteiger partial charge in [-0.05, 0) is 24.5 Å². The van der Waals surface area contributed by atoms with E-state index in [-0.39, 0.29) is 0 Å². The highest BCUT2D eigenvalue weighted by Gasteiger charge is 2.34. The predicted molar refractivity (Wildman–Crippen MR) is 78.5 cm³/mol. The minimum atomic E-state index is 0.321. The van der Waals surface area contributed by atoms with Gasteiger partial charge in [0.05, 0.1) is 18.6 Å². The second kappa shape index (κ2) is 6.25. The minimum absolute atomic E-state index is 0.321. The lowest BCUT2D eigenvalue weighted by Gasteiger charge is -2.27. The Balaban J connectivity index is 1.72. The van der Waals surface area contributed by atoms with E-state index in [9.17, 15) is 0 Å². The lowest BCUT2D eigenvalue weighted by atomic mass is 10.0. The summed E-state index contributed by atoms with van der Waals surface area (Å²) in [4.78, 5) is 2.51. The van der Waals surface area contributed by atoms with E-state index in [0.29, 0.717) is 12.1 Å². The van der Waals surface area contributed by atoms with Gasteiger partial charge in [0.25, 0.3) is 0 Å². The van der Waals surface area contributed by atoms with Gasteiger partial charge in [-0.25, -0.2) is 0 Å². The summed E-state index contributed by atoms with van der Waals surface area (Å²) in [7, 11) is 1.82. The van der Waals surface area contributed by atoms with Gasteiger partial charge in [-0.2, -0.15) is 0 Å². The van der Waals surface area contributed by atoms with Crippen molar-refractivity contribution in [3.63, 3.8) is 0 Å². The zero-order chi connectivity index (χ0) is 13.8. The molecule has 3 nitrogen and oxygen atoms in total. The Morgan fingerprint density at radius 2 is 2.05 bits per heavy atom. The van der Waals surface area contributed by atoms with Gasteiger partial charge in [-0.3, -0.25) is 4.90 Å². The van der Waals surface area contributed by atoms with Crippen LogP contribution in [0, 0.1) is 0 Å². The van der Waals surface area contributed by atoms with Crippen LogP contribution in [0.5, 0.6) is 0 Å². The summed E-state index contributed by atoms with van der Waals surface area (Å²) in [6.07, 6.45) is 6.04. The van der Waals surface area contributed by atoms with Crippen molar-refractivity contribution in [2.24, 2.45) is 0 Å². The largest absolute Gasteiger partial charge is 0.472 e. The molecule has 3 heteroatoms. The van der Waals surface area contributed by atoms with Crippen molar-refractivity contribution in [1.82, 2.24) is 4.90 Å². The standard InChI is InChI=1S/C17H21NO2/c1-19-17-7-9-18(12-15-8-10-20-13-15)16(17)11-14-5-3-2-4-6-14/h2-6,8,10,13,16-17H,7,9,11-12H2,1H3/t16-,17+/m0/s1. The molecule has 0 bridgehead atoms. The zero-order valence-electron chi connectivity index (χ0n) is 11.9. The molecule has 20 heavy (non-hydrogen) atoms. The normalized spacial score (nSPS) is 23.2. The number of hydrogen-bond donors (Lipinski definition) is 0. The van der Waals surface area contributed by atoms with E-state index in [1.54, 1.807) is 6.26 Å². The van der Waals surface area contributed by atoms with Crippen molar-refractivity contribution in [3.05, 3.63) is 60.1 Å². The lowest BCUT2D eigenvalue weighted by molar-refractivity contribution is 0.0638. The van der Waals surface area contributed by atoms with E-state index in [0.717, 1.165) is 25.9 Å². The van der Waals surface area contributed by atoms with Gasteiger partial charge in [-0.15, -0.1) is 0 Å². The number of methoxy groups -OCH3 is 1. The van der Waals surface area contributed by atoms with Crippen LogP contribution in [0.2, 0.25) is 0 Å². The van der Waals surface area contributed by atoms with Crippen LogP contribution >= 0.6 is 0 Å². The van der Waals surface area contributed by atoms with E-state index in [4.69, 9.17) is 9.15 Å². The van der Waals surface area contributed by atoms with Crippen LogP contribution in [0.15, 0.2) is 53.3 Å². The highest BCUT2D eigenvalue weighted by atomic mass is 16.5. The number of furan rings is 1. The summed E-state index contributed by atoms with van der Waals surface area (Å²) >= 11 is 0. The van der Waals surface area contributed by atoms with E-state index in [1.165, 1.54) is 11.1 Å². The molecule has 0 N–H and O–H groups in total. The number of ether oxygens (including phenoxy) is 1. The maximum absolute atomic E-state index is 5.68. The van der Waals surface area contributed by atoms with Gasteiger partial charge in [0.2, 0.25) is 0 Å². The molecule has 1 fully saturated rings. The third-order valence-electron chi connectivity index (χ3n) is 4.16. The first-order chi connectivity index (χ1) is 9.86. The summed E-state index contributed by atoms with van der Waals surface area (Å²) < 4.78 is 10.9. The Morgan fingerprint density at radius 1 is 1.20 bits per heavy atom. The highest BCUT2D eigenvalue weighted by molar-refractivity contribution is 5.17. The molecule has 0 unspecified atom stereocenters. The molecule has 106 valence electrons. The van der Waals surface area contributed by atoms with Gasteiger partial charge >= 0.3 is 0 Å². The Kier molecular flexibility index (Phi) is 4.19. The molecule has 0 spiro atoms. The molecule has 3 rings (SSSR count). The molecule has 0 saturated carbocycles. The molecule has 1 aliphatic heterocycles. The van der Waals surface area contributed by atoms with Crippen molar-refractivity contribution in [2.45, 2.75) is 31.5 Å². The lowest BCUT2D eigenvalue weighted by Crippen LogP contribution is -2.37. The molecule has 2 atom stereocenters. The van der Waals surface area contributed by atoms with Crippen LogP contribution < -0.4 is 0 Å². The number of likely N-dealkylation sites (tertiary alicyclic amines) is 1. The van der Waals surface area contributed by atoms with Crippen molar-refractivity contribution in [1.29, 1.82) is 0 Å². The smallest absolute Gasteiger partial charge is 0.0947 e. The van der Waals surface area contributed by atoms with Crippen LogP contribution in [-0.4, -0.2) is 30.7 Å². The van der Waals surface area contributed by atoms with E-state index >= 15 is 0 Å². The Morgan fingerprint density at radius 3 is 2.75 bits per heavy atom. The SMILES string of the molecule is CO[C@@H]1CCN(Cc2ccoc2)[C@H]1Cc1ccccc1. The second-order valence-corrected chi connectivity index (χ2v) is 5.42. The van der Waals surface area contributed by atoms with Crippen LogP contribution in [0.1, 0.15) is 17.5 Å². The molecular formula is C17H21NO2. The molecule has 2 heterocycles. The summed E-state index contributed by atoms with van der Waals surface area (Å²) in [5, 5.41) is 0. The fourth-order valence-electron chi connectivity index (χ4n) is 3.09. The molecule has 0 aliphatic carbocycles. The fourth-order valence-corrected chi connectivity index (χ4v) is 3.09. The summed E-state index contributed by atoms with van der Waals surface area (Å²) in [5.74, 6) is 0. The third-order valence-corrected chi connectivity index (χ3v) is 4.16. The molecular weight excluding hydrogens is 250 g/mol. The van der Waals surface area contributed by atoms with Gasteiger partial charge in [0, 0.05) is 31.8 Å². The van der Waals surface area contributed by atoms with Crippen LogP contribution in [0.25, 0.3) is 0 Å². The van der Waals surface area contributed by atoms with Gasteiger partial charge in [0.1, 0.15) is 0 Å². The third kappa shape index (κ3) is 2.94. The van der Waals surface area contributed by atoms with E-state index in [1.807, 2.05) is 19.4 Å². The quantitative estimate of drug-likeness (QED) is 0.835. The predicted octanol–water partition coefficient (Wildman–Crippen LogP) is 3.11. The minimum Gasteiger partial charge on any atom is -0.472 e. The summed E-state index contributed by atoms with van der Waals surface area (Å²) in [6, 6.07) is 13.1. The Labute approximate surface area is 120 Å². The van der Waals surface area contributed by atoms with Crippen molar-refractivity contribution in [3.8, 4) is 0 Å². The number of hydrogen-bond acceptors (Lipinski definition) is 3. The van der Waals surface area contributed by atoms with E-state index in [2.05, 4.69) is 35.2 Å². The molecule has 0 radical (unpaired) electrons. The van der Waals surface area contributed by atoms with E-state index < -0.39 is 0 Å². The first-order valence-corrected chi connectivity index (χ1v) is 7.18. The summed E-state index contributed by atoms with van der Waals surface area (Å²) in [6.45, 7) is 2.02. The van der Waals surface area contributed by atoms with Crippen molar-refractivity contribution < 1.29 is 9.15 Å². The number of benzene rings is 1.